The number of hydroxylamine groups is 1. The SMILES string of the molecule is C#Cc1ccc(C(=O)NC(C(=O)NOC(=O)C(F)(F)F)C2(OCC)CNC2)cc1. The first-order valence-electron chi connectivity index (χ1n) is 8.43. The molecule has 2 rings (SSSR count). The fourth-order valence-corrected chi connectivity index (χ4v) is 2.63. The highest BCUT2D eigenvalue weighted by Gasteiger charge is 2.50. The lowest BCUT2D eigenvalue weighted by atomic mass is 9.86. The Hall–Kier alpha value is -3.10. The largest absolute Gasteiger partial charge is 0.493 e. The zero-order valence-corrected chi connectivity index (χ0v) is 15.3. The second-order valence-electron chi connectivity index (χ2n) is 6.08. The van der Waals surface area contributed by atoms with Crippen molar-refractivity contribution in [2.75, 3.05) is 19.7 Å². The summed E-state index contributed by atoms with van der Waals surface area (Å²) in [5.41, 5.74) is 0.906. The maximum absolute atomic E-state index is 12.5. The van der Waals surface area contributed by atoms with E-state index in [0.29, 0.717) is 5.56 Å². The molecule has 1 aliphatic rings. The standard InChI is InChI=1S/C18H18F3N3O5/c1-3-11-5-7-12(8-6-11)14(25)23-13(17(28-4-2)9-22-10-17)15(26)24-29-16(27)18(19,20)21/h1,5-8,13,22H,4,9-10H2,2H3,(H,23,25)(H,24,26). The second kappa shape index (κ2) is 8.93. The quantitative estimate of drug-likeness (QED) is 0.457. The molecular weight excluding hydrogens is 395 g/mol. The normalized spacial score (nSPS) is 16.0. The van der Waals surface area contributed by atoms with Crippen LogP contribution < -0.4 is 16.1 Å². The van der Waals surface area contributed by atoms with E-state index < -0.39 is 35.6 Å². The van der Waals surface area contributed by atoms with E-state index >= 15 is 0 Å². The first-order chi connectivity index (χ1) is 13.6. The summed E-state index contributed by atoms with van der Waals surface area (Å²) < 4.78 is 42.4. The number of benzene rings is 1. The van der Waals surface area contributed by atoms with Gasteiger partial charge in [0.2, 0.25) is 0 Å². The van der Waals surface area contributed by atoms with Crippen LogP contribution in [0.4, 0.5) is 13.2 Å². The van der Waals surface area contributed by atoms with Gasteiger partial charge in [-0.2, -0.15) is 18.7 Å². The summed E-state index contributed by atoms with van der Waals surface area (Å²) in [6, 6.07) is 4.44. The average molecular weight is 413 g/mol. The van der Waals surface area contributed by atoms with Crippen molar-refractivity contribution in [3.8, 4) is 12.3 Å². The molecule has 1 heterocycles. The molecule has 8 nitrogen and oxygen atoms in total. The van der Waals surface area contributed by atoms with Gasteiger partial charge in [-0.25, -0.2) is 4.79 Å². The fraction of sp³-hybridized carbons (Fsp3) is 0.389. The highest BCUT2D eigenvalue weighted by molar-refractivity contribution is 5.98. The molecule has 1 fully saturated rings. The van der Waals surface area contributed by atoms with Gasteiger partial charge in [0, 0.05) is 30.8 Å². The van der Waals surface area contributed by atoms with Crippen LogP contribution in [0, 0.1) is 12.3 Å². The zero-order valence-electron chi connectivity index (χ0n) is 15.3. The lowest BCUT2D eigenvalue weighted by molar-refractivity contribution is -0.208. The molecule has 2 amide bonds. The highest BCUT2D eigenvalue weighted by Crippen LogP contribution is 2.23. The summed E-state index contributed by atoms with van der Waals surface area (Å²) in [7, 11) is 0. The van der Waals surface area contributed by atoms with Gasteiger partial charge in [-0.05, 0) is 31.2 Å². The summed E-state index contributed by atoms with van der Waals surface area (Å²) in [5, 5.41) is 5.29. The molecule has 156 valence electrons. The van der Waals surface area contributed by atoms with Crippen LogP contribution in [0.15, 0.2) is 24.3 Å². The molecule has 3 N–H and O–H groups in total. The molecule has 1 atom stereocenters. The fourth-order valence-electron chi connectivity index (χ4n) is 2.63. The summed E-state index contributed by atoms with van der Waals surface area (Å²) in [6.07, 6.45) is -0.0389. The number of rotatable bonds is 6. The summed E-state index contributed by atoms with van der Waals surface area (Å²) >= 11 is 0. The van der Waals surface area contributed by atoms with Gasteiger partial charge in [-0.15, -0.1) is 6.42 Å². The Morgan fingerprint density at radius 1 is 1.28 bits per heavy atom. The van der Waals surface area contributed by atoms with Crippen molar-refractivity contribution in [3.05, 3.63) is 35.4 Å². The number of alkyl halides is 3. The van der Waals surface area contributed by atoms with Crippen LogP contribution in [-0.4, -0.2) is 55.3 Å². The average Bonchev–Trinajstić information content (AvgIpc) is 2.66. The van der Waals surface area contributed by atoms with Crippen LogP contribution in [0.25, 0.3) is 0 Å². The molecule has 1 saturated heterocycles. The number of terminal acetylenes is 1. The third-order valence-electron chi connectivity index (χ3n) is 4.13. The zero-order chi connectivity index (χ0) is 21.7. The number of hydrogen-bond acceptors (Lipinski definition) is 6. The van der Waals surface area contributed by atoms with Gasteiger partial charge in [0.15, 0.2) is 0 Å². The van der Waals surface area contributed by atoms with E-state index in [1.54, 1.807) is 6.92 Å². The Bertz CT molecular complexity index is 814. The Kier molecular flexibility index (Phi) is 6.84. The number of ether oxygens (including phenoxy) is 1. The van der Waals surface area contributed by atoms with Gasteiger partial charge >= 0.3 is 12.1 Å². The van der Waals surface area contributed by atoms with E-state index in [-0.39, 0.29) is 25.3 Å². The number of halogens is 3. The topological polar surface area (TPSA) is 106 Å². The molecule has 1 aromatic rings. The lowest BCUT2D eigenvalue weighted by Gasteiger charge is -2.46. The molecule has 1 unspecified atom stereocenters. The van der Waals surface area contributed by atoms with Crippen molar-refractivity contribution in [2.45, 2.75) is 24.7 Å². The molecule has 0 radical (unpaired) electrons. The smallest absolute Gasteiger partial charge is 0.370 e. The van der Waals surface area contributed by atoms with Crippen molar-refractivity contribution in [1.82, 2.24) is 16.1 Å². The van der Waals surface area contributed by atoms with E-state index in [1.807, 2.05) is 0 Å². The van der Waals surface area contributed by atoms with E-state index in [2.05, 4.69) is 21.4 Å². The maximum Gasteiger partial charge on any atom is 0.493 e. The number of nitrogens with one attached hydrogen (secondary N) is 3. The van der Waals surface area contributed by atoms with Gasteiger partial charge in [-0.3, -0.25) is 9.59 Å². The molecule has 0 spiro atoms. The predicted octanol–water partition coefficient (Wildman–Crippen LogP) is 0.281. The molecular formula is C18H18F3N3O5. The third-order valence-corrected chi connectivity index (χ3v) is 4.13. The molecule has 11 heteroatoms. The third kappa shape index (κ3) is 5.24. The van der Waals surface area contributed by atoms with E-state index in [9.17, 15) is 27.6 Å². The number of carbonyl (C=O) groups is 3. The van der Waals surface area contributed by atoms with Crippen LogP contribution in [0.2, 0.25) is 0 Å². The van der Waals surface area contributed by atoms with E-state index in [4.69, 9.17) is 11.2 Å². The molecule has 0 aromatic heterocycles. The van der Waals surface area contributed by atoms with Crippen LogP contribution in [0.3, 0.4) is 0 Å². The maximum atomic E-state index is 12.5. The lowest BCUT2D eigenvalue weighted by Crippen LogP contribution is -2.74. The monoisotopic (exact) mass is 413 g/mol. The molecule has 0 bridgehead atoms. The van der Waals surface area contributed by atoms with Gasteiger partial charge in [0.1, 0.15) is 11.6 Å². The van der Waals surface area contributed by atoms with Crippen molar-refractivity contribution in [2.24, 2.45) is 0 Å². The van der Waals surface area contributed by atoms with Crippen LogP contribution in [0.1, 0.15) is 22.8 Å². The first kappa shape index (κ1) is 22.2. The second-order valence-corrected chi connectivity index (χ2v) is 6.08. The van der Waals surface area contributed by atoms with Crippen LogP contribution in [0.5, 0.6) is 0 Å². The van der Waals surface area contributed by atoms with Gasteiger partial charge in [-0.1, -0.05) is 5.92 Å². The minimum atomic E-state index is -5.29. The predicted molar refractivity (Wildman–Crippen MR) is 93.1 cm³/mol. The Morgan fingerprint density at radius 2 is 1.90 bits per heavy atom. The molecule has 29 heavy (non-hydrogen) atoms. The van der Waals surface area contributed by atoms with Gasteiger partial charge in [0.25, 0.3) is 11.8 Å². The van der Waals surface area contributed by atoms with E-state index in [0.717, 1.165) is 0 Å². The molecule has 1 aliphatic heterocycles. The summed E-state index contributed by atoms with van der Waals surface area (Å²) in [6.45, 7) is 2.10. The molecule has 0 aliphatic carbocycles. The van der Waals surface area contributed by atoms with Crippen LogP contribution in [-0.2, 0) is 19.2 Å². The number of amides is 2. The minimum absolute atomic E-state index is 0.141. The van der Waals surface area contributed by atoms with Crippen molar-refractivity contribution in [3.63, 3.8) is 0 Å². The Labute approximate surface area is 164 Å². The van der Waals surface area contributed by atoms with Gasteiger partial charge in [0.05, 0.1) is 0 Å². The number of carbonyl (C=O) groups excluding carboxylic acids is 3. The summed E-state index contributed by atoms with van der Waals surface area (Å²) in [4.78, 5) is 39.6. The Morgan fingerprint density at radius 3 is 2.34 bits per heavy atom. The van der Waals surface area contributed by atoms with E-state index in [1.165, 1.54) is 29.7 Å². The molecule has 0 saturated carbocycles. The minimum Gasteiger partial charge on any atom is -0.370 e. The van der Waals surface area contributed by atoms with Crippen molar-refractivity contribution >= 4 is 17.8 Å². The van der Waals surface area contributed by atoms with Crippen LogP contribution >= 0.6 is 0 Å². The number of hydrogen-bond donors (Lipinski definition) is 3. The molecule has 1 aromatic carbocycles. The Balaban J connectivity index is 2.18. The van der Waals surface area contributed by atoms with Crippen molar-refractivity contribution in [1.29, 1.82) is 0 Å². The first-order valence-corrected chi connectivity index (χ1v) is 8.43. The summed E-state index contributed by atoms with van der Waals surface area (Å²) in [5.74, 6) is -2.08. The van der Waals surface area contributed by atoms with Gasteiger partial charge < -0.3 is 20.2 Å². The highest BCUT2D eigenvalue weighted by atomic mass is 19.4. The van der Waals surface area contributed by atoms with Crippen molar-refractivity contribution < 1.29 is 37.1 Å².